The number of aliphatic hydroxyl groups is 3. The van der Waals surface area contributed by atoms with E-state index in [4.69, 9.17) is 5.73 Å². The van der Waals surface area contributed by atoms with E-state index in [1.807, 2.05) is 0 Å². The molecule has 142 valence electrons. The molecule has 0 amide bonds. The lowest BCUT2D eigenvalue weighted by molar-refractivity contribution is -0.0300. The smallest absolute Gasteiger partial charge is 0.191 e. The van der Waals surface area contributed by atoms with Crippen LogP contribution in [0.4, 0.5) is 5.82 Å². The first-order valence-electron chi connectivity index (χ1n) is 9.02. The predicted octanol–water partition coefficient (Wildman–Crippen LogP) is 0.822. The van der Waals surface area contributed by atoms with E-state index in [0.29, 0.717) is 34.5 Å². The van der Waals surface area contributed by atoms with Crippen LogP contribution in [0.5, 0.6) is 0 Å². The lowest BCUT2D eigenvalue weighted by Gasteiger charge is -2.23. The van der Waals surface area contributed by atoms with Gasteiger partial charge in [-0.05, 0) is 18.3 Å². The van der Waals surface area contributed by atoms with Gasteiger partial charge in [0.05, 0.1) is 25.1 Å². The van der Waals surface area contributed by atoms with Gasteiger partial charge < -0.3 is 25.6 Å². The van der Waals surface area contributed by atoms with Crippen LogP contribution < -0.4 is 5.73 Å². The van der Waals surface area contributed by atoms with E-state index in [9.17, 15) is 15.3 Å². The second-order valence-electron chi connectivity index (χ2n) is 7.67. The molecule has 0 aliphatic heterocycles. The zero-order valence-electron chi connectivity index (χ0n) is 14.9. The average Bonchev–Trinajstić information content (AvgIpc) is 3.15. The minimum atomic E-state index is -0.967. The summed E-state index contributed by atoms with van der Waals surface area (Å²) in [6.07, 6.45) is 1.46. The number of hydrogen-bond donors (Lipinski definition) is 4. The lowest BCUT2D eigenvalue weighted by atomic mass is 10.0. The molecule has 2 heterocycles. The first-order valence-corrected chi connectivity index (χ1v) is 10.0. The van der Waals surface area contributed by atoms with Crippen molar-refractivity contribution in [3.05, 3.63) is 6.33 Å². The van der Waals surface area contributed by atoms with Crippen LogP contribution in [0.25, 0.3) is 11.2 Å². The average molecular weight is 379 g/mol. The molecule has 4 rings (SSSR count). The number of hydrogen-bond acceptors (Lipinski definition) is 8. The Morgan fingerprint density at radius 2 is 2.19 bits per heavy atom. The lowest BCUT2D eigenvalue weighted by Crippen LogP contribution is -2.35. The van der Waals surface area contributed by atoms with Crippen LogP contribution in [0.2, 0.25) is 0 Å². The molecule has 2 fully saturated rings. The fourth-order valence-corrected chi connectivity index (χ4v) is 5.07. The second kappa shape index (κ2) is 6.33. The molecule has 2 aromatic rings. The number of aromatic nitrogens is 4. The maximum atomic E-state index is 10.5. The molecule has 5 N–H and O–H groups in total. The van der Waals surface area contributed by atoms with Crippen molar-refractivity contribution < 1.29 is 15.3 Å². The number of imidazole rings is 1. The largest absolute Gasteiger partial charge is 0.396 e. The van der Waals surface area contributed by atoms with Crippen LogP contribution in [0, 0.1) is 17.3 Å². The predicted molar refractivity (Wildman–Crippen MR) is 98.6 cm³/mol. The minimum Gasteiger partial charge on any atom is -0.396 e. The molecule has 2 aliphatic carbocycles. The Balaban J connectivity index is 1.69. The first kappa shape index (κ1) is 18.0. The van der Waals surface area contributed by atoms with Crippen LogP contribution >= 0.6 is 11.8 Å². The van der Waals surface area contributed by atoms with Gasteiger partial charge in [0.2, 0.25) is 0 Å². The minimum absolute atomic E-state index is 0.00214. The summed E-state index contributed by atoms with van der Waals surface area (Å²) in [5.41, 5.74) is 6.54. The van der Waals surface area contributed by atoms with Gasteiger partial charge >= 0.3 is 0 Å². The summed E-state index contributed by atoms with van der Waals surface area (Å²) < 4.78 is 1.80. The maximum absolute atomic E-state index is 10.5. The number of fused-ring (bicyclic) bond motifs is 2. The number of nitrogen functional groups attached to an aromatic ring is 1. The van der Waals surface area contributed by atoms with Crippen molar-refractivity contribution in [1.82, 2.24) is 19.5 Å². The Morgan fingerprint density at radius 1 is 1.42 bits per heavy atom. The van der Waals surface area contributed by atoms with Gasteiger partial charge in [0.25, 0.3) is 0 Å². The van der Waals surface area contributed by atoms with Crippen molar-refractivity contribution in [3.8, 4) is 0 Å². The monoisotopic (exact) mass is 379 g/mol. The number of thioether (sulfide) groups is 1. The Morgan fingerprint density at radius 3 is 2.85 bits per heavy atom. The quantitative estimate of drug-likeness (QED) is 0.429. The van der Waals surface area contributed by atoms with Crippen molar-refractivity contribution in [3.63, 3.8) is 0 Å². The first-order chi connectivity index (χ1) is 12.4. The third kappa shape index (κ3) is 2.52. The molecule has 0 aromatic carbocycles. The highest BCUT2D eigenvalue weighted by Gasteiger charge is 2.71. The van der Waals surface area contributed by atoms with E-state index in [1.54, 1.807) is 22.7 Å². The van der Waals surface area contributed by atoms with E-state index in [-0.39, 0.29) is 18.6 Å². The van der Waals surface area contributed by atoms with Crippen LogP contribution in [0.3, 0.4) is 0 Å². The zero-order valence-corrected chi connectivity index (χ0v) is 15.7. The number of rotatable bonds is 6. The highest BCUT2D eigenvalue weighted by atomic mass is 32.2. The molecule has 0 bridgehead atoms. The van der Waals surface area contributed by atoms with Crippen molar-refractivity contribution >= 4 is 28.7 Å². The Kier molecular flexibility index (Phi) is 4.37. The molecule has 2 aromatic heterocycles. The van der Waals surface area contributed by atoms with Crippen LogP contribution in [-0.2, 0) is 0 Å². The molecule has 0 radical (unpaired) electrons. The van der Waals surface area contributed by atoms with E-state index in [1.165, 1.54) is 0 Å². The van der Waals surface area contributed by atoms with Gasteiger partial charge in [-0.25, -0.2) is 15.0 Å². The molecule has 26 heavy (non-hydrogen) atoms. The molecule has 6 atom stereocenters. The number of anilines is 1. The molecule has 8 nitrogen and oxygen atoms in total. The van der Waals surface area contributed by atoms with Gasteiger partial charge in [-0.3, -0.25) is 0 Å². The van der Waals surface area contributed by atoms with E-state index < -0.39 is 17.6 Å². The van der Waals surface area contributed by atoms with Gasteiger partial charge in [0.15, 0.2) is 16.6 Å². The number of aliphatic hydroxyl groups excluding tert-OH is 3. The van der Waals surface area contributed by atoms with Crippen molar-refractivity contribution in [2.45, 2.75) is 50.1 Å². The summed E-state index contributed by atoms with van der Waals surface area (Å²) in [4.78, 5) is 13.3. The van der Waals surface area contributed by atoms with E-state index in [2.05, 4.69) is 28.8 Å². The summed E-state index contributed by atoms with van der Waals surface area (Å²) in [7, 11) is 0. The molecule has 0 saturated heterocycles. The van der Waals surface area contributed by atoms with Crippen molar-refractivity contribution in [2.75, 3.05) is 18.1 Å². The van der Waals surface area contributed by atoms with Crippen molar-refractivity contribution in [1.29, 1.82) is 0 Å². The van der Waals surface area contributed by atoms with Gasteiger partial charge in [0.1, 0.15) is 11.6 Å². The SMILES string of the molecule is CC[C@@H](C)CSc1nc(N)c2ncn([C@H]3C(O)[C@@H](O)[C@]4(CO)C[C@H]34)c2n1. The van der Waals surface area contributed by atoms with Gasteiger partial charge in [-0.2, -0.15) is 0 Å². The highest BCUT2D eigenvalue weighted by molar-refractivity contribution is 7.99. The normalized spacial score (nSPS) is 34.2. The van der Waals surface area contributed by atoms with E-state index >= 15 is 0 Å². The molecule has 2 saturated carbocycles. The van der Waals surface area contributed by atoms with E-state index in [0.717, 1.165) is 12.2 Å². The standard InChI is InChI=1S/C17H25N5O3S/c1-3-8(2)5-26-16-20-14(18)10-15(21-16)22(7-19-10)11-9-4-17(9,6-23)13(25)12(11)24/h7-9,11-13,23-25H,3-6H2,1-2H3,(H2,18,20,21)/t8-,9-,11-,12?,13-,17+/m1/s1. The third-order valence-electron chi connectivity index (χ3n) is 6.09. The fraction of sp³-hybridized carbons (Fsp3) is 0.706. The fourth-order valence-electron chi connectivity index (χ4n) is 4.09. The third-order valence-corrected chi connectivity index (χ3v) is 7.27. The molecule has 0 spiro atoms. The number of nitrogens with two attached hydrogens (primary N) is 1. The molecular formula is C17H25N5O3S. The molecular weight excluding hydrogens is 354 g/mol. The topological polar surface area (TPSA) is 130 Å². The summed E-state index contributed by atoms with van der Waals surface area (Å²) in [6, 6.07) is -0.371. The highest BCUT2D eigenvalue weighted by Crippen LogP contribution is 2.67. The zero-order chi connectivity index (χ0) is 18.6. The van der Waals surface area contributed by atoms with Crippen LogP contribution in [-0.4, -0.2) is 59.4 Å². The van der Waals surface area contributed by atoms with Gasteiger partial charge in [0, 0.05) is 11.2 Å². The summed E-state index contributed by atoms with van der Waals surface area (Å²) in [6.45, 7) is 4.19. The molecule has 2 aliphatic rings. The van der Waals surface area contributed by atoms with Crippen LogP contribution in [0.15, 0.2) is 11.5 Å². The second-order valence-corrected chi connectivity index (χ2v) is 8.65. The molecule has 9 heteroatoms. The Labute approximate surface area is 155 Å². The van der Waals surface area contributed by atoms with Gasteiger partial charge in [-0.1, -0.05) is 32.0 Å². The Bertz CT molecular complexity index is 830. The summed E-state index contributed by atoms with van der Waals surface area (Å²) in [5, 5.41) is 31.2. The summed E-state index contributed by atoms with van der Waals surface area (Å²) >= 11 is 1.56. The van der Waals surface area contributed by atoms with Crippen LogP contribution in [0.1, 0.15) is 32.7 Å². The Hall–Kier alpha value is -1.42. The van der Waals surface area contributed by atoms with Crippen molar-refractivity contribution in [2.24, 2.45) is 17.3 Å². The summed E-state index contributed by atoms with van der Waals surface area (Å²) in [5.74, 6) is 1.77. The number of nitrogens with zero attached hydrogens (tertiary/aromatic N) is 4. The maximum Gasteiger partial charge on any atom is 0.191 e. The molecule has 1 unspecified atom stereocenters. The van der Waals surface area contributed by atoms with Gasteiger partial charge in [-0.15, -0.1) is 0 Å².